The molecule has 0 fully saturated rings. The number of aromatic nitrogens is 1. The summed E-state index contributed by atoms with van der Waals surface area (Å²) in [5.41, 5.74) is 6.31. The van der Waals surface area contributed by atoms with Crippen molar-refractivity contribution in [2.24, 2.45) is 0 Å². The van der Waals surface area contributed by atoms with E-state index in [0.717, 1.165) is 25.3 Å². The number of nitrogens with zero attached hydrogens (tertiary/aromatic N) is 2. The Kier molecular flexibility index (Phi) is 5.51. The van der Waals surface area contributed by atoms with Crippen LogP contribution in [-0.2, 0) is 0 Å². The second-order valence-electron chi connectivity index (χ2n) is 4.27. The topological polar surface area (TPSA) is 54.2 Å². The third kappa shape index (κ3) is 4.79. The molecule has 96 valence electrons. The lowest BCUT2D eigenvalue weighted by atomic mass is 10.2. The predicted molar refractivity (Wildman–Crippen MR) is 74.5 cm³/mol. The lowest BCUT2D eigenvalue weighted by Crippen LogP contribution is -2.32. The van der Waals surface area contributed by atoms with Gasteiger partial charge in [0, 0.05) is 30.9 Å². The summed E-state index contributed by atoms with van der Waals surface area (Å²) in [5, 5.41) is 3.64. The number of rotatable bonds is 6. The van der Waals surface area contributed by atoms with Gasteiger partial charge >= 0.3 is 0 Å². The molecule has 0 bridgehead atoms. The van der Waals surface area contributed by atoms with E-state index in [1.165, 1.54) is 0 Å². The first kappa shape index (κ1) is 14.1. The monoisotopic (exact) mass is 256 g/mol. The Morgan fingerprint density at radius 2 is 2.24 bits per heavy atom. The molecule has 1 atom stereocenters. The summed E-state index contributed by atoms with van der Waals surface area (Å²) in [5.74, 6) is 0.729. The van der Waals surface area contributed by atoms with Crippen LogP contribution in [0, 0.1) is 0 Å². The highest BCUT2D eigenvalue weighted by atomic mass is 35.5. The Hall–Kier alpha value is -1.00. The summed E-state index contributed by atoms with van der Waals surface area (Å²) in [6.45, 7) is 6.19. The van der Waals surface area contributed by atoms with Crippen LogP contribution < -0.4 is 11.1 Å². The van der Waals surface area contributed by atoms with Crippen LogP contribution in [0.1, 0.15) is 20.3 Å². The number of pyridine rings is 1. The van der Waals surface area contributed by atoms with Crippen LogP contribution in [0.2, 0.25) is 5.15 Å². The van der Waals surface area contributed by atoms with E-state index < -0.39 is 0 Å². The van der Waals surface area contributed by atoms with E-state index in [1.807, 2.05) is 0 Å². The van der Waals surface area contributed by atoms with E-state index in [0.29, 0.717) is 16.9 Å². The summed E-state index contributed by atoms with van der Waals surface area (Å²) in [4.78, 5) is 6.46. The molecule has 0 amide bonds. The molecule has 5 heteroatoms. The van der Waals surface area contributed by atoms with Crippen molar-refractivity contribution in [3.8, 4) is 0 Å². The van der Waals surface area contributed by atoms with E-state index in [2.05, 4.69) is 36.1 Å². The first-order valence-electron chi connectivity index (χ1n) is 5.90. The quantitative estimate of drug-likeness (QED) is 0.768. The van der Waals surface area contributed by atoms with Crippen molar-refractivity contribution >= 4 is 23.1 Å². The van der Waals surface area contributed by atoms with Gasteiger partial charge < -0.3 is 16.0 Å². The van der Waals surface area contributed by atoms with Gasteiger partial charge in [-0.3, -0.25) is 0 Å². The van der Waals surface area contributed by atoms with Crippen LogP contribution in [0.15, 0.2) is 12.1 Å². The molecule has 1 unspecified atom stereocenters. The van der Waals surface area contributed by atoms with Crippen molar-refractivity contribution in [1.82, 2.24) is 9.88 Å². The molecule has 0 aliphatic carbocycles. The maximum atomic E-state index is 5.82. The molecule has 0 aliphatic heterocycles. The standard InChI is InChI=1S/C12H21ClN4/c1-4-9(2)17(3)6-5-15-12-8-10(14)7-11(13)16-12/h7-9H,4-6H2,1-3H3,(H3,14,15,16). The van der Waals surface area contributed by atoms with Gasteiger partial charge in [-0.25, -0.2) is 4.98 Å². The molecule has 0 aliphatic rings. The van der Waals surface area contributed by atoms with E-state index in [1.54, 1.807) is 12.1 Å². The highest BCUT2D eigenvalue weighted by molar-refractivity contribution is 6.29. The first-order chi connectivity index (χ1) is 8.02. The molecule has 1 aromatic rings. The molecule has 3 N–H and O–H groups in total. The molecule has 1 rings (SSSR count). The van der Waals surface area contributed by atoms with Crippen molar-refractivity contribution in [2.75, 3.05) is 31.2 Å². The number of nitrogen functional groups attached to an aromatic ring is 1. The Morgan fingerprint density at radius 3 is 2.82 bits per heavy atom. The number of hydrogen-bond donors (Lipinski definition) is 2. The van der Waals surface area contributed by atoms with Crippen molar-refractivity contribution in [3.63, 3.8) is 0 Å². The second kappa shape index (κ2) is 6.67. The fourth-order valence-corrected chi connectivity index (χ4v) is 1.72. The zero-order valence-corrected chi connectivity index (χ0v) is 11.5. The Labute approximate surface area is 108 Å². The van der Waals surface area contributed by atoms with Crippen LogP contribution in [0.5, 0.6) is 0 Å². The van der Waals surface area contributed by atoms with Gasteiger partial charge in [-0.15, -0.1) is 0 Å². The van der Waals surface area contributed by atoms with Crippen LogP contribution in [0.4, 0.5) is 11.5 Å². The largest absolute Gasteiger partial charge is 0.399 e. The van der Waals surface area contributed by atoms with Crippen LogP contribution in [0.3, 0.4) is 0 Å². The first-order valence-corrected chi connectivity index (χ1v) is 6.28. The van der Waals surface area contributed by atoms with E-state index in [-0.39, 0.29) is 0 Å². The fraction of sp³-hybridized carbons (Fsp3) is 0.583. The number of nitrogens with one attached hydrogen (secondary N) is 1. The van der Waals surface area contributed by atoms with Gasteiger partial charge in [-0.2, -0.15) is 0 Å². The highest BCUT2D eigenvalue weighted by Gasteiger charge is 2.06. The smallest absolute Gasteiger partial charge is 0.133 e. The minimum Gasteiger partial charge on any atom is -0.399 e. The normalized spacial score (nSPS) is 12.8. The maximum Gasteiger partial charge on any atom is 0.133 e. The zero-order chi connectivity index (χ0) is 12.8. The third-order valence-electron chi connectivity index (χ3n) is 2.93. The number of nitrogens with two attached hydrogens (primary N) is 1. The van der Waals surface area contributed by atoms with Gasteiger partial charge in [0.05, 0.1) is 0 Å². The molecular weight excluding hydrogens is 236 g/mol. The predicted octanol–water partition coefficient (Wildman–Crippen LogP) is 2.46. The highest BCUT2D eigenvalue weighted by Crippen LogP contribution is 2.15. The van der Waals surface area contributed by atoms with E-state index in [9.17, 15) is 0 Å². The summed E-state index contributed by atoms with van der Waals surface area (Å²) in [6, 6.07) is 4.02. The van der Waals surface area contributed by atoms with Gasteiger partial charge in [0.1, 0.15) is 11.0 Å². The van der Waals surface area contributed by atoms with E-state index in [4.69, 9.17) is 17.3 Å². The number of likely N-dealkylation sites (N-methyl/N-ethyl adjacent to an activating group) is 1. The second-order valence-corrected chi connectivity index (χ2v) is 4.66. The number of hydrogen-bond acceptors (Lipinski definition) is 4. The molecule has 0 spiro atoms. The third-order valence-corrected chi connectivity index (χ3v) is 3.12. The van der Waals surface area contributed by atoms with Crippen molar-refractivity contribution in [1.29, 1.82) is 0 Å². The SMILES string of the molecule is CCC(C)N(C)CCNc1cc(N)cc(Cl)n1. The molecule has 0 radical (unpaired) electrons. The van der Waals surface area contributed by atoms with Crippen LogP contribution in [-0.4, -0.2) is 36.1 Å². The van der Waals surface area contributed by atoms with Crippen LogP contribution in [0.25, 0.3) is 0 Å². The molecule has 0 saturated carbocycles. The minimum atomic E-state index is 0.419. The maximum absolute atomic E-state index is 5.82. The average molecular weight is 257 g/mol. The van der Waals surface area contributed by atoms with Crippen molar-refractivity contribution < 1.29 is 0 Å². The Morgan fingerprint density at radius 1 is 1.53 bits per heavy atom. The summed E-state index contributed by atoms with van der Waals surface area (Å²) in [7, 11) is 2.12. The van der Waals surface area contributed by atoms with Gasteiger partial charge in [0.25, 0.3) is 0 Å². The lowest BCUT2D eigenvalue weighted by molar-refractivity contribution is 0.261. The van der Waals surface area contributed by atoms with E-state index >= 15 is 0 Å². The number of halogens is 1. The van der Waals surface area contributed by atoms with Gasteiger partial charge in [-0.05, 0) is 26.5 Å². The minimum absolute atomic E-state index is 0.419. The lowest BCUT2D eigenvalue weighted by Gasteiger charge is -2.23. The molecule has 0 saturated heterocycles. The average Bonchev–Trinajstić information content (AvgIpc) is 2.26. The van der Waals surface area contributed by atoms with Gasteiger partial charge in [0.15, 0.2) is 0 Å². The zero-order valence-electron chi connectivity index (χ0n) is 10.7. The summed E-state index contributed by atoms with van der Waals surface area (Å²) >= 11 is 5.82. The fourth-order valence-electron chi connectivity index (χ4n) is 1.50. The molecule has 1 heterocycles. The Bertz CT molecular complexity index is 336. The van der Waals surface area contributed by atoms with Crippen molar-refractivity contribution in [3.05, 3.63) is 17.3 Å². The molecule has 4 nitrogen and oxygen atoms in total. The van der Waals surface area contributed by atoms with Crippen molar-refractivity contribution in [2.45, 2.75) is 26.3 Å². The molecular formula is C12H21ClN4. The molecule has 17 heavy (non-hydrogen) atoms. The Balaban J connectivity index is 2.40. The van der Waals surface area contributed by atoms with Gasteiger partial charge in [-0.1, -0.05) is 18.5 Å². The summed E-state index contributed by atoms with van der Waals surface area (Å²) in [6.07, 6.45) is 1.15. The number of anilines is 2. The van der Waals surface area contributed by atoms with Crippen LogP contribution >= 0.6 is 11.6 Å². The molecule has 1 aromatic heterocycles. The van der Waals surface area contributed by atoms with Gasteiger partial charge in [0.2, 0.25) is 0 Å². The summed E-state index contributed by atoms with van der Waals surface area (Å²) < 4.78 is 0. The molecule has 0 aromatic carbocycles.